The maximum Gasteiger partial charge on any atom is 0.238 e. The Morgan fingerprint density at radius 2 is 1.45 bits per heavy atom. The number of benzene rings is 2. The monoisotopic (exact) mass is 399 g/mol. The molecular formula is C21H25N3O5. The topological polar surface area (TPSA) is 97.9 Å². The Labute approximate surface area is 169 Å². The maximum atomic E-state index is 12.0. The minimum absolute atomic E-state index is 0.0159. The molecule has 0 heterocycles. The number of ether oxygens (including phenoxy) is 3. The lowest BCUT2D eigenvalue weighted by Crippen LogP contribution is -2.36. The van der Waals surface area contributed by atoms with Gasteiger partial charge in [0.1, 0.15) is 17.2 Å². The van der Waals surface area contributed by atoms with Crippen molar-refractivity contribution in [2.45, 2.75) is 12.8 Å². The van der Waals surface area contributed by atoms with E-state index < -0.39 is 0 Å². The van der Waals surface area contributed by atoms with Crippen LogP contribution in [0.25, 0.3) is 5.70 Å². The summed E-state index contributed by atoms with van der Waals surface area (Å²) >= 11 is 0. The Kier molecular flexibility index (Phi) is 7.90. The first-order chi connectivity index (χ1) is 14.0. The summed E-state index contributed by atoms with van der Waals surface area (Å²) in [5, 5.41) is 2.72. The van der Waals surface area contributed by atoms with Gasteiger partial charge in [-0.1, -0.05) is 6.58 Å². The minimum Gasteiger partial charge on any atom is -0.497 e. The highest BCUT2D eigenvalue weighted by molar-refractivity contribution is 5.93. The molecule has 0 saturated carbocycles. The highest BCUT2D eigenvalue weighted by Gasteiger charge is 2.11. The first-order valence-corrected chi connectivity index (χ1v) is 8.87. The first-order valence-electron chi connectivity index (χ1n) is 8.87. The molecule has 2 aromatic carbocycles. The Morgan fingerprint density at radius 1 is 0.828 bits per heavy atom. The van der Waals surface area contributed by atoms with Gasteiger partial charge < -0.3 is 19.5 Å². The van der Waals surface area contributed by atoms with Crippen molar-refractivity contribution >= 4 is 23.2 Å². The fourth-order valence-corrected chi connectivity index (χ4v) is 2.45. The van der Waals surface area contributed by atoms with Crippen molar-refractivity contribution in [3.05, 3.63) is 54.6 Å². The summed E-state index contributed by atoms with van der Waals surface area (Å²) in [7, 11) is 4.66. The number of nitrogens with one attached hydrogen (secondary N) is 3. The fourth-order valence-electron chi connectivity index (χ4n) is 2.45. The Hall–Kier alpha value is -3.68. The molecule has 8 nitrogen and oxygen atoms in total. The van der Waals surface area contributed by atoms with Gasteiger partial charge in [0.05, 0.1) is 27.0 Å². The van der Waals surface area contributed by atoms with Crippen molar-refractivity contribution in [2.75, 3.05) is 26.6 Å². The third-order valence-corrected chi connectivity index (χ3v) is 4.04. The van der Waals surface area contributed by atoms with E-state index in [0.717, 1.165) is 0 Å². The largest absolute Gasteiger partial charge is 0.497 e. The molecule has 29 heavy (non-hydrogen) atoms. The van der Waals surface area contributed by atoms with Crippen molar-refractivity contribution in [3.63, 3.8) is 0 Å². The van der Waals surface area contributed by atoms with E-state index in [2.05, 4.69) is 22.7 Å². The van der Waals surface area contributed by atoms with E-state index in [-0.39, 0.29) is 24.7 Å². The molecule has 0 aliphatic rings. The number of rotatable bonds is 10. The summed E-state index contributed by atoms with van der Waals surface area (Å²) in [5.74, 6) is 1.28. The second-order valence-corrected chi connectivity index (χ2v) is 5.99. The molecule has 8 heteroatoms. The van der Waals surface area contributed by atoms with Crippen LogP contribution in [0.5, 0.6) is 17.2 Å². The number of anilines is 1. The number of amides is 2. The predicted octanol–water partition coefficient (Wildman–Crippen LogP) is 2.72. The quantitative estimate of drug-likeness (QED) is 0.532. The van der Waals surface area contributed by atoms with Crippen LogP contribution in [0.15, 0.2) is 49.0 Å². The van der Waals surface area contributed by atoms with Crippen LogP contribution in [0.1, 0.15) is 18.4 Å². The van der Waals surface area contributed by atoms with Gasteiger partial charge in [0.15, 0.2) is 0 Å². The van der Waals surface area contributed by atoms with Crippen LogP contribution in [0.2, 0.25) is 0 Å². The van der Waals surface area contributed by atoms with E-state index in [1.807, 2.05) is 0 Å². The van der Waals surface area contributed by atoms with Gasteiger partial charge in [-0.2, -0.15) is 0 Å². The van der Waals surface area contributed by atoms with Crippen molar-refractivity contribution < 1.29 is 23.8 Å². The lowest BCUT2D eigenvalue weighted by molar-refractivity contribution is -0.124. The third kappa shape index (κ3) is 6.46. The molecule has 0 radical (unpaired) electrons. The number of hydrogen-bond acceptors (Lipinski definition) is 6. The van der Waals surface area contributed by atoms with Gasteiger partial charge in [-0.25, -0.2) is 0 Å². The molecule has 2 amide bonds. The van der Waals surface area contributed by atoms with Crippen LogP contribution >= 0.6 is 0 Å². The molecule has 0 fully saturated rings. The summed E-state index contributed by atoms with van der Waals surface area (Å²) in [6.45, 7) is 3.89. The van der Waals surface area contributed by atoms with Crippen LogP contribution in [-0.2, 0) is 9.59 Å². The molecule has 0 atom stereocenters. The van der Waals surface area contributed by atoms with Gasteiger partial charge in [0.2, 0.25) is 11.8 Å². The van der Waals surface area contributed by atoms with E-state index in [1.165, 1.54) is 7.11 Å². The number of carbonyl (C=O) groups excluding carboxylic acids is 2. The number of methoxy groups -OCH3 is 3. The summed E-state index contributed by atoms with van der Waals surface area (Å²) in [6.07, 6.45) is 0.0554. The average Bonchev–Trinajstić information content (AvgIpc) is 2.76. The van der Waals surface area contributed by atoms with E-state index in [9.17, 15) is 9.59 Å². The molecule has 0 spiro atoms. The Bertz CT molecular complexity index is 865. The van der Waals surface area contributed by atoms with Crippen molar-refractivity contribution in [1.29, 1.82) is 0 Å². The zero-order chi connectivity index (χ0) is 21.2. The van der Waals surface area contributed by atoms with Crippen molar-refractivity contribution in [3.8, 4) is 17.2 Å². The third-order valence-electron chi connectivity index (χ3n) is 4.04. The number of carbonyl (C=O) groups is 2. The van der Waals surface area contributed by atoms with Crippen LogP contribution in [-0.4, -0.2) is 33.1 Å². The van der Waals surface area contributed by atoms with Crippen LogP contribution in [0, 0.1) is 0 Å². The summed E-state index contributed by atoms with van der Waals surface area (Å²) in [6, 6.07) is 12.2. The maximum absolute atomic E-state index is 12.0. The van der Waals surface area contributed by atoms with Crippen molar-refractivity contribution in [1.82, 2.24) is 10.9 Å². The average molecular weight is 399 g/mol. The molecule has 0 aromatic heterocycles. The lowest BCUT2D eigenvalue weighted by Gasteiger charge is -2.15. The fraction of sp³-hybridized carbons (Fsp3) is 0.238. The number of hydrazine groups is 1. The molecule has 3 N–H and O–H groups in total. The van der Waals surface area contributed by atoms with Crippen molar-refractivity contribution in [2.24, 2.45) is 0 Å². The van der Waals surface area contributed by atoms with Gasteiger partial charge in [-0.05, 0) is 36.4 Å². The van der Waals surface area contributed by atoms with E-state index in [4.69, 9.17) is 14.2 Å². The highest BCUT2D eigenvalue weighted by atomic mass is 16.5. The second kappa shape index (κ2) is 10.6. The summed E-state index contributed by atoms with van der Waals surface area (Å²) in [5.41, 5.74) is 7.01. The summed E-state index contributed by atoms with van der Waals surface area (Å²) in [4.78, 5) is 24.0. The molecule has 2 aromatic rings. The highest BCUT2D eigenvalue weighted by Crippen LogP contribution is 2.28. The first kappa shape index (κ1) is 21.6. The lowest BCUT2D eigenvalue weighted by atomic mass is 10.1. The van der Waals surface area contributed by atoms with Gasteiger partial charge in [-0.15, -0.1) is 0 Å². The van der Waals surface area contributed by atoms with Crippen LogP contribution in [0.4, 0.5) is 5.69 Å². The molecule has 0 aliphatic heterocycles. The normalized spacial score (nSPS) is 9.90. The number of hydrogen-bond donors (Lipinski definition) is 3. The van der Waals surface area contributed by atoms with E-state index in [0.29, 0.717) is 34.2 Å². The van der Waals surface area contributed by atoms with Gasteiger partial charge in [-0.3, -0.25) is 20.4 Å². The summed E-state index contributed by atoms with van der Waals surface area (Å²) < 4.78 is 15.5. The van der Waals surface area contributed by atoms with E-state index >= 15 is 0 Å². The molecule has 0 unspecified atom stereocenters. The molecule has 0 aliphatic carbocycles. The molecule has 0 saturated heterocycles. The van der Waals surface area contributed by atoms with Crippen LogP contribution < -0.4 is 30.4 Å². The van der Waals surface area contributed by atoms with Gasteiger partial charge >= 0.3 is 0 Å². The van der Waals surface area contributed by atoms with Crippen LogP contribution in [0.3, 0.4) is 0 Å². The molecule has 154 valence electrons. The molecule has 0 bridgehead atoms. The second-order valence-electron chi connectivity index (χ2n) is 5.99. The molecule has 2 rings (SSSR count). The minimum atomic E-state index is -0.344. The van der Waals surface area contributed by atoms with Gasteiger partial charge in [0, 0.05) is 30.2 Å². The Morgan fingerprint density at radius 3 is 2.07 bits per heavy atom. The zero-order valence-corrected chi connectivity index (χ0v) is 16.7. The SMILES string of the molecule is C=C(NNC(=O)CCC(=O)Nc1ccc(OC)cc1)c1ccc(OC)cc1OC. The smallest absolute Gasteiger partial charge is 0.238 e. The Balaban J connectivity index is 1.79. The standard InChI is InChI=1S/C21H25N3O5/c1-14(18-10-9-17(28-3)13-19(18)29-4)23-24-21(26)12-11-20(25)22-15-5-7-16(27-2)8-6-15/h5-10,13,23H,1,11-12H2,2-4H3,(H,22,25)(H,24,26). The zero-order valence-electron chi connectivity index (χ0n) is 16.7. The molecular weight excluding hydrogens is 374 g/mol. The van der Waals surface area contributed by atoms with E-state index in [1.54, 1.807) is 56.7 Å². The van der Waals surface area contributed by atoms with Gasteiger partial charge in [0.25, 0.3) is 0 Å². The predicted molar refractivity (Wildman–Crippen MR) is 111 cm³/mol.